The quantitative estimate of drug-likeness (QED) is 0.635. The molecule has 2 rings (SSSR count). The van der Waals surface area contributed by atoms with Crippen LogP contribution in [0.5, 0.6) is 0 Å². The molecule has 0 unspecified atom stereocenters. The fourth-order valence-electron chi connectivity index (χ4n) is 2.07. The zero-order chi connectivity index (χ0) is 13.7. The standard InChI is InChI=1S/C14H19N3O2/c1-3-17-13-7-5-4-6-11(13)12(16-17)10-15-9-8-14(18)19-2/h4-7,15H,3,8-10H2,1-2H3. The number of esters is 1. The van der Waals surface area contributed by atoms with Gasteiger partial charge in [-0.25, -0.2) is 0 Å². The van der Waals surface area contributed by atoms with Crippen molar-refractivity contribution in [2.24, 2.45) is 0 Å². The molecular weight excluding hydrogens is 242 g/mol. The Kier molecular flexibility index (Phi) is 4.52. The number of para-hydroxylation sites is 1. The monoisotopic (exact) mass is 261 g/mol. The Morgan fingerprint density at radius 2 is 2.21 bits per heavy atom. The second kappa shape index (κ2) is 6.33. The van der Waals surface area contributed by atoms with Gasteiger partial charge in [0.1, 0.15) is 0 Å². The summed E-state index contributed by atoms with van der Waals surface area (Å²) in [7, 11) is 1.40. The van der Waals surface area contributed by atoms with Crippen molar-refractivity contribution in [3.63, 3.8) is 0 Å². The lowest BCUT2D eigenvalue weighted by Gasteiger charge is -2.01. The fourth-order valence-corrected chi connectivity index (χ4v) is 2.07. The lowest BCUT2D eigenvalue weighted by Crippen LogP contribution is -2.19. The van der Waals surface area contributed by atoms with E-state index in [1.54, 1.807) is 0 Å². The Bertz CT molecular complexity index is 563. The van der Waals surface area contributed by atoms with Crippen LogP contribution in [0.4, 0.5) is 0 Å². The van der Waals surface area contributed by atoms with Gasteiger partial charge in [0.25, 0.3) is 0 Å². The summed E-state index contributed by atoms with van der Waals surface area (Å²) < 4.78 is 6.59. The largest absolute Gasteiger partial charge is 0.469 e. The fraction of sp³-hybridized carbons (Fsp3) is 0.429. The third kappa shape index (κ3) is 3.12. The molecular formula is C14H19N3O2. The molecule has 0 aliphatic heterocycles. The van der Waals surface area contributed by atoms with Gasteiger partial charge < -0.3 is 10.1 Å². The van der Waals surface area contributed by atoms with Crippen LogP contribution in [0, 0.1) is 0 Å². The van der Waals surface area contributed by atoms with Crippen LogP contribution in [0.25, 0.3) is 10.9 Å². The van der Waals surface area contributed by atoms with E-state index in [2.05, 4.69) is 34.2 Å². The van der Waals surface area contributed by atoms with E-state index >= 15 is 0 Å². The van der Waals surface area contributed by atoms with Gasteiger partial charge in [0, 0.05) is 25.0 Å². The third-order valence-corrected chi connectivity index (χ3v) is 3.06. The van der Waals surface area contributed by atoms with Crippen molar-refractivity contribution in [2.45, 2.75) is 26.4 Å². The molecule has 0 aliphatic carbocycles. The summed E-state index contributed by atoms with van der Waals surface area (Å²) in [4.78, 5) is 11.0. The number of fused-ring (bicyclic) bond motifs is 1. The highest BCUT2D eigenvalue weighted by molar-refractivity contribution is 5.81. The maximum Gasteiger partial charge on any atom is 0.306 e. The molecule has 1 heterocycles. The first kappa shape index (κ1) is 13.5. The van der Waals surface area contributed by atoms with Crippen molar-refractivity contribution in [3.8, 4) is 0 Å². The van der Waals surface area contributed by atoms with Crippen molar-refractivity contribution < 1.29 is 9.53 Å². The predicted molar refractivity (Wildman–Crippen MR) is 73.7 cm³/mol. The molecule has 19 heavy (non-hydrogen) atoms. The molecule has 1 aromatic carbocycles. The summed E-state index contributed by atoms with van der Waals surface area (Å²) in [6.07, 6.45) is 0.378. The predicted octanol–water partition coefficient (Wildman–Crippen LogP) is 1.71. The lowest BCUT2D eigenvalue weighted by molar-refractivity contribution is -0.140. The first-order valence-electron chi connectivity index (χ1n) is 6.48. The van der Waals surface area contributed by atoms with E-state index in [9.17, 15) is 4.79 Å². The number of nitrogens with one attached hydrogen (secondary N) is 1. The molecule has 102 valence electrons. The van der Waals surface area contributed by atoms with Crippen LogP contribution in [0.3, 0.4) is 0 Å². The highest BCUT2D eigenvalue weighted by Gasteiger charge is 2.08. The average Bonchev–Trinajstić information content (AvgIpc) is 2.81. The van der Waals surface area contributed by atoms with Gasteiger partial charge in [0.15, 0.2) is 0 Å². The topological polar surface area (TPSA) is 56.2 Å². The zero-order valence-electron chi connectivity index (χ0n) is 11.3. The minimum atomic E-state index is -0.198. The Morgan fingerprint density at radius 3 is 2.95 bits per heavy atom. The maximum atomic E-state index is 11.0. The summed E-state index contributed by atoms with van der Waals surface area (Å²) in [6, 6.07) is 8.18. The highest BCUT2D eigenvalue weighted by atomic mass is 16.5. The Labute approximate surface area is 112 Å². The second-order valence-corrected chi connectivity index (χ2v) is 4.28. The molecule has 0 spiro atoms. The Balaban J connectivity index is 2.02. The van der Waals surface area contributed by atoms with Crippen LogP contribution in [-0.2, 0) is 22.6 Å². The summed E-state index contributed by atoms with van der Waals surface area (Å²) >= 11 is 0. The Morgan fingerprint density at radius 1 is 1.42 bits per heavy atom. The Hall–Kier alpha value is -1.88. The average molecular weight is 261 g/mol. The molecule has 5 nitrogen and oxygen atoms in total. The molecule has 0 atom stereocenters. The van der Waals surface area contributed by atoms with E-state index in [1.807, 2.05) is 16.8 Å². The molecule has 0 aliphatic rings. The lowest BCUT2D eigenvalue weighted by atomic mass is 10.2. The molecule has 2 aromatic rings. The number of ether oxygens (including phenoxy) is 1. The molecule has 0 bridgehead atoms. The van der Waals surface area contributed by atoms with Gasteiger partial charge in [0.2, 0.25) is 0 Å². The van der Waals surface area contributed by atoms with Crippen molar-refractivity contribution in [1.82, 2.24) is 15.1 Å². The van der Waals surface area contributed by atoms with Crippen molar-refractivity contribution in [2.75, 3.05) is 13.7 Å². The van der Waals surface area contributed by atoms with Crippen LogP contribution in [0.15, 0.2) is 24.3 Å². The number of nitrogens with zero attached hydrogens (tertiary/aromatic N) is 2. The summed E-state index contributed by atoms with van der Waals surface area (Å²) in [5.74, 6) is -0.198. The highest BCUT2D eigenvalue weighted by Crippen LogP contribution is 2.18. The minimum absolute atomic E-state index is 0.198. The van der Waals surface area contributed by atoms with Crippen LogP contribution in [0.2, 0.25) is 0 Å². The third-order valence-electron chi connectivity index (χ3n) is 3.06. The smallest absolute Gasteiger partial charge is 0.306 e. The van der Waals surface area contributed by atoms with Gasteiger partial charge in [-0.15, -0.1) is 0 Å². The van der Waals surface area contributed by atoms with E-state index < -0.39 is 0 Å². The summed E-state index contributed by atoms with van der Waals surface area (Å²) in [6.45, 7) is 4.18. The van der Waals surface area contributed by atoms with Gasteiger partial charge >= 0.3 is 5.97 Å². The van der Waals surface area contributed by atoms with E-state index in [-0.39, 0.29) is 5.97 Å². The van der Waals surface area contributed by atoms with Gasteiger partial charge in [-0.3, -0.25) is 9.48 Å². The van der Waals surface area contributed by atoms with Crippen molar-refractivity contribution >= 4 is 16.9 Å². The van der Waals surface area contributed by atoms with Gasteiger partial charge in [-0.2, -0.15) is 5.10 Å². The zero-order valence-corrected chi connectivity index (χ0v) is 11.3. The second-order valence-electron chi connectivity index (χ2n) is 4.28. The molecule has 0 radical (unpaired) electrons. The van der Waals surface area contributed by atoms with Crippen LogP contribution in [-0.4, -0.2) is 29.4 Å². The number of aryl methyl sites for hydroxylation is 1. The van der Waals surface area contributed by atoms with E-state index in [1.165, 1.54) is 7.11 Å². The molecule has 0 saturated heterocycles. The number of methoxy groups -OCH3 is 1. The summed E-state index contributed by atoms with van der Waals surface area (Å²) in [5.41, 5.74) is 2.16. The van der Waals surface area contributed by atoms with Gasteiger partial charge in [-0.05, 0) is 13.0 Å². The molecule has 0 saturated carbocycles. The van der Waals surface area contributed by atoms with E-state index in [4.69, 9.17) is 0 Å². The molecule has 1 aromatic heterocycles. The number of hydrogen-bond donors (Lipinski definition) is 1. The van der Waals surface area contributed by atoms with Crippen molar-refractivity contribution in [3.05, 3.63) is 30.0 Å². The van der Waals surface area contributed by atoms with Crippen LogP contribution < -0.4 is 5.32 Å². The molecule has 0 amide bonds. The van der Waals surface area contributed by atoms with E-state index in [0.717, 1.165) is 23.1 Å². The molecule has 1 N–H and O–H groups in total. The maximum absolute atomic E-state index is 11.0. The van der Waals surface area contributed by atoms with Crippen molar-refractivity contribution in [1.29, 1.82) is 0 Å². The normalized spacial score (nSPS) is 10.8. The van der Waals surface area contributed by atoms with E-state index in [0.29, 0.717) is 19.5 Å². The first-order chi connectivity index (χ1) is 9.26. The number of hydrogen-bond acceptors (Lipinski definition) is 4. The number of benzene rings is 1. The van der Waals surface area contributed by atoms with Crippen LogP contribution >= 0.6 is 0 Å². The minimum Gasteiger partial charge on any atom is -0.469 e. The number of carbonyl (C=O) groups excluding carboxylic acids is 1. The van der Waals surface area contributed by atoms with Crippen LogP contribution in [0.1, 0.15) is 19.0 Å². The number of carbonyl (C=O) groups is 1. The summed E-state index contributed by atoms with van der Waals surface area (Å²) in [5, 5.41) is 8.96. The van der Waals surface area contributed by atoms with Gasteiger partial charge in [0.05, 0.1) is 24.7 Å². The number of rotatable bonds is 6. The molecule has 0 fully saturated rings. The SMILES string of the molecule is CCn1nc(CNCCC(=O)OC)c2ccccc21. The first-order valence-corrected chi connectivity index (χ1v) is 6.48. The number of aromatic nitrogens is 2. The van der Waals surface area contributed by atoms with Gasteiger partial charge in [-0.1, -0.05) is 18.2 Å². The molecule has 5 heteroatoms.